The Morgan fingerprint density at radius 2 is 2.29 bits per heavy atom. The number of anilines is 1. The van der Waals surface area contributed by atoms with Crippen LogP contribution in [0.5, 0.6) is 0 Å². The number of hydrogen-bond donors (Lipinski definition) is 1. The monoisotopic (exact) mass is 295 g/mol. The molecule has 1 heterocycles. The lowest BCUT2D eigenvalue weighted by Crippen LogP contribution is -2.06. The molecule has 0 fully saturated rings. The Hall–Kier alpha value is -0.900. The van der Waals surface area contributed by atoms with Gasteiger partial charge in [-0.2, -0.15) is 0 Å². The Morgan fingerprint density at radius 1 is 1.41 bits per heavy atom. The molecule has 0 atom stereocenters. The summed E-state index contributed by atoms with van der Waals surface area (Å²) in [5.74, 6) is 1.80. The maximum Gasteiger partial charge on any atom is 0.131 e. The summed E-state index contributed by atoms with van der Waals surface area (Å²) >= 11 is 3.41. The summed E-state index contributed by atoms with van der Waals surface area (Å²) in [4.78, 5) is 8.74. The summed E-state index contributed by atoms with van der Waals surface area (Å²) in [6, 6.07) is 1.93. The molecule has 0 saturated heterocycles. The molecule has 0 bridgehead atoms. The van der Waals surface area contributed by atoms with Gasteiger partial charge in [-0.25, -0.2) is 9.97 Å². The van der Waals surface area contributed by atoms with Crippen molar-refractivity contribution >= 4 is 21.7 Å². The van der Waals surface area contributed by atoms with Crippen LogP contribution in [0.4, 0.5) is 5.82 Å². The van der Waals surface area contributed by atoms with Crippen molar-refractivity contribution in [2.24, 2.45) is 0 Å². The van der Waals surface area contributed by atoms with Crippen LogP contribution in [-0.4, -0.2) is 16.5 Å². The second kappa shape index (κ2) is 6.15. The summed E-state index contributed by atoms with van der Waals surface area (Å²) < 4.78 is 0.854. The van der Waals surface area contributed by atoms with Crippen LogP contribution >= 0.6 is 15.9 Å². The molecular weight excluding hydrogens is 278 g/mol. The van der Waals surface area contributed by atoms with Gasteiger partial charge in [0.1, 0.15) is 16.2 Å². The summed E-state index contributed by atoms with van der Waals surface area (Å²) in [7, 11) is 0. The van der Waals surface area contributed by atoms with Gasteiger partial charge in [0.25, 0.3) is 0 Å². The van der Waals surface area contributed by atoms with Gasteiger partial charge in [-0.05, 0) is 41.6 Å². The van der Waals surface area contributed by atoms with E-state index in [4.69, 9.17) is 0 Å². The molecule has 1 N–H and O–H groups in total. The predicted molar refractivity (Wildman–Crippen MR) is 74.2 cm³/mol. The van der Waals surface area contributed by atoms with Crippen molar-refractivity contribution in [3.63, 3.8) is 0 Å². The van der Waals surface area contributed by atoms with Gasteiger partial charge in [0.2, 0.25) is 0 Å². The molecular formula is C13H18BrN3. The summed E-state index contributed by atoms with van der Waals surface area (Å²) in [6.07, 6.45) is 8.22. The minimum atomic E-state index is 0.854. The van der Waals surface area contributed by atoms with Crippen molar-refractivity contribution in [2.75, 3.05) is 11.9 Å². The highest BCUT2D eigenvalue weighted by atomic mass is 79.9. The Balaban J connectivity index is 1.87. The van der Waals surface area contributed by atoms with Gasteiger partial charge in [-0.15, -0.1) is 0 Å². The molecule has 17 heavy (non-hydrogen) atoms. The first-order valence-corrected chi connectivity index (χ1v) is 7.02. The first-order valence-electron chi connectivity index (χ1n) is 6.23. The standard InChI is InChI=1S/C13H18BrN3/c1-2-12-16-11(14)9-13(17-12)15-8-7-10-5-3-4-6-10/h5,9H,2-4,6-8H2,1H3,(H,15,16,17). The molecule has 1 aliphatic carbocycles. The van der Waals surface area contributed by atoms with Gasteiger partial charge in [-0.1, -0.05) is 18.6 Å². The van der Waals surface area contributed by atoms with E-state index in [0.29, 0.717) is 0 Å². The van der Waals surface area contributed by atoms with Crippen LogP contribution in [0.2, 0.25) is 0 Å². The van der Waals surface area contributed by atoms with Crippen molar-refractivity contribution in [1.82, 2.24) is 9.97 Å². The molecule has 0 aliphatic heterocycles. The van der Waals surface area contributed by atoms with Crippen molar-refractivity contribution in [2.45, 2.75) is 39.0 Å². The maximum atomic E-state index is 4.44. The first-order chi connectivity index (χ1) is 8.28. The van der Waals surface area contributed by atoms with Crippen LogP contribution in [0.1, 0.15) is 38.4 Å². The van der Waals surface area contributed by atoms with Crippen LogP contribution in [0, 0.1) is 0 Å². The van der Waals surface area contributed by atoms with Crippen molar-refractivity contribution < 1.29 is 0 Å². The zero-order chi connectivity index (χ0) is 12.1. The number of aromatic nitrogens is 2. The van der Waals surface area contributed by atoms with Gasteiger partial charge < -0.3 is 5.32 Å². The Bertz CT molecular complexity index is 415. The van der Waals surface area contributed by atoms with Gasteiger partial charge in [-0.3, -0.25) is 0 Å². The fraction of sp³-hybridized carbons (Fsp3) is 0.538. The maximum absolute atomic E-state index is 4.44. The van der Waals surface area contributed by atoms with Crippen LogP contribution in [-0.2, 0) is 6.42 Å². The van der Waals surface area contributed by atoms with Crippen LogP contribution in [0.25, 0.3) is 0 Å². The summed E-state index contributed by atoms with van der Waals surface area (Å²) in [5.41, 5.74) is 1.58. The van der Waals surface area contributed by atoms with E-state index in [1.807, 2.05) is 6.07 Å². The molecule has 0 saturated carbocycles. The predicted octanol–water partition coefficient (Wildman–Crippen LogP) is 3.71. The molecule has 0 amide bonds. The van der Waals surface area contributed by atoms with Crippen LogP contribution in [0.3, 0.4) is 0 Å². The average Bonchev–Trinajstić information content (AvgIpc) is 2.81. The third kappa shape index (κ3) is 3.80. The number of aryl methyl sites for hydroxylation is 1. The van der Waals surface area contributed by atoms with Gasteiger partial charge in [0.05, 0.1) is 0 Å². The quantitative estimate of drug-likeness (QED) is 0.665. The van der Waals surface area contributed by atoms with Gasteiger partial charge >= 0.3 is 0 Å². The van der Waals surface area contributed by atoms with Crippen molar-refractivity contribution in [3.8, 4) is 0 Å². The van der Waals surface area contributed by atoms with E-state index < -0.39 is 0 Å². The fourth-order valence-electron chi connectivity index (χ4n) is 2.03. The Labute approximate surface area is 111 Å². The molecule has 0 radical (unpaired) electrons. The summed E-state index contributed by atoms with van der Waals surface area (Å²) in [5, 5.41) is 3.37. The molecule has 2 rings (SSSR count). The zero-order valence-corrected chi connectivity index (χ0v) is 11.8. The van der Waals surface area contributed by atoms with E-state index in [9.17, 15) is 0 Å². The lowest BCUT2D eigenvalue weighted by Gasteiger charge is -2.07. The van der Waals surface area contributed by atoms with Crippen LogP contribution < -0.4 is 5.32 Å². The highest BCUT2D eigenvalue weighted by molar-refractivity contribution is 9.10. The largest absolute Gasteiger partial charge is 0.370 e. The molecule has 0 spiro atoms. The number of nitrogens with one attached hydrogen (secondary N) is 1. The minimum absolute atomic E-state index is 0.854. The molecule has 4 heteroatoms. The smallest absolute Gasteiger partial charge is 0.131 e. The zero-order valence-electron chi connectivity index (χ0n) is 10.2. The number of rotatable bonds is 5. The normalized spacial score (nSPS) is 14.8. The second-order valence-corrected chi connectivity index (χ2v) is 5.09. The van der Waals surface area contributed by atoms with Crippen molar-refractivity contribution in [3.05, 3.63) is 28.1 Å². The number of halogens is 1. The second-order valence-electron chi connectivity index (χ2n) is 4.28. The Morgan fingerprint density at radius 3 is 3.00 bits per heavy atom. The van der Waals surface area contributed by atoms with Crippen LogP contribution in [0.15, 0.2) is 22.3 Å². The topological polar surface area (TPSA) is 37.8 Å². The average molecular weight is 296 g/mol. The Kier molecular flexibility index (Phi) is 4.54. The number of nitrogens with zero attached hydrogens (tertiary/aromatic N) is 2. The third-order valence-electron chi connectivity index (χ3n) is 2.94. The van der Waals surface area contributed by atoms with E-state index in [0.717, 1.165) is 35.6 Å². The minimum Gasteiger partial charge on any atom is -0.370 e. The lowest BCUT2D eigenvalue weighted by molar-refractivity contribution is 0.858. The molecule has 0 unspecified atom stereocenters. The molecule has 0 aromatic carbocycles. The summed E-state index contributed by atoms with van der Waals surface area (Å²) in [6.45, 7) is 3.02. The lowest BCUT2D eigenvalue weighted by atomic mass is 10.2. The van der Waals surface area contributed by atoms with Crippen molar-refractivity contribution in [1.29, 1.82) is 0 Å². The van der Waals surface area contributed by atoms with Gasteiger partial charge in [0, 0.05) is 19.0 Å². The number of allylic oxidation sites excluding steroid dienone is 1. The molecule has 1 aromatic heterocycles. The third-order valence-corrected chi connectivity index (χ3v) is 3.35. The fourth-order valence-corrected chi connectivity index (χ4v) is 2.45. The van der Waals surface area contributed by atoms with E-state index in [1.54, 1.807) is 5.57 Å². The highest BCUT2D eigenvalue weighted by Gasteiger charge is 2.05. The molecule has 1 aliphatic rings. The van der Waals surface area contributed by atoms with E-state index >= 15 is 0 Å². The highest BCUT2D eigenvalue weighted by Crippen LogP contribution is 2.20. The first kappa shape index (κ1) is 12.6. The molecule has 3 nitrogen and oxygen atoms in total. The van der Waals surface area contributed by atoms with E-state index in [1.165, 1.54) is 19.3 Å². The van der Waals surface area contributed by atoms with Gasteiger partial charge in [0.15, 0.2) is 0 Å². The number of hydrogen-bond acceptors (Lipinski definition) is 3. The molecule has 92 valence electrons. The van der Waals surface area contributed by atoms with E-state index in [2.05, 4.69) is 44.2 Å². The SMILES string of the molecule is CCc1nc(Br)cc(NCCC2=CCCC2)n1. The molecule has 1 aromatic rings. The van der Waals surface area contributed by atoms with E-state index in [-0.39, 0.29) is 0 Å².